The van der Waals surface area contributed by atoms with E-state index >= 15 is 0 Å². The van der Waals surface area contributed by atoms with E-state index in [9.17, 15) is 4.79 Å². The van der Waals surface area contributed by atoms with E-state index < -0.39 is 0 Å². The van der Waals surface area contributed by atoms with Crippen molar-refractivity contribution < 1.29 is 9.53 Å². The lowest BCUT2D eigenvalue weighted by Gasteiger charge is -2.11. The second-order valence-electron chi connectivity index (χ2n) is 4.32. The molecule has 3 N–H and O–H groups in total. The molecule has 0 aromatic heterocycles. The number of methoxy groups -OCH3 is 1. The van der Waals surface area contributed by atoms with Crippen molar-refractivity contribution in [2.24, 2.45) is 0 Å². The zero-order valence-corrected chi connectivity index (χ0v) is 12.0. The second kappa shape index (κ2) is 5.84. The zero-order valence-electron chi connectivity index (χ0n) is 11.2. The number of carbonyl (C=O) groups is 1. The number of nitrogens with two attached hydrogens (primary N) is 1. The molecular weight excluding hydrogens is 276 g/mol. The SMILES string of the molecule is COc1cc(NC(=O)c2cccc(N)c2C)ccc1Cl. The maximum atomic E-state index is 12.2. The van der Waals surface area contributed by atoms with E-state index in [1.54, 1.807) is 36.4 Å². The highest BCUT2D eigenvalue weighted by Gasteiger charge is 2.11. The van der Waals surface area contributed by atoms with E-state index in [2.05, 4.69) is 5.32 Å². The minimum Gasteiger partial charge on any atom is -0.495 e. The summed E-state index contributed by atoms with van der Waals surface area (Å²) < 4.78 is 5.11. The van der Waals surface area contributed by atoms with Gasteiger partial charge in [-0.1, -0.05) is 17.7 Å². The molecule has 0 radical (unpaired) electrons. The molecule has 0 heterocycles. The quantitative estimate of drug-likeness (QED) is 0.851. The smallest absolute Gasteiger partial charge is 0.256 e. The summed E-state index contributed by atoms with van der Waals surface area (Å²) >= 11 is 5.94. The van der Waals surface area contributed by atoms with Crippen molar-refractivity contribution in [3.05, 3.63) is 52.5 Å². The van der Waals surface area contributed by atoms with Crippen molar-refractivity contribution in [1.82, 2.24) is 0 Å². The number of carbonyl (C=O) groups excluding carboxylic acids is 1. The van der Waals surface area contributed by atoms with Crippen molar-refractivity contribution in [3.8, 4) is 5.75 Å². The van der Waals surface area contributed by atoms with E-state index in [1.165, 1.54) is 7.11 Å². The Labute approximate surface area is 122 Å². The lowest BCUT2D eigenvalue weighted by Crippen LogP contribution is -2.14. The van der Waals surface area contributed by atoms with Crippen molar-refractivity contribution in [3.63, 3.8) is 0 Å². The van der Waals surface area contributed by atoms with Crippen molar-refractivity contribution in [1.29, 1.82) is 0 Å². The van der Waals surface area contributed by atoms with Crippen LogP contribution in [0, 0.1) is 6.92 Å². The van der Waals surface area contributed by atoms with Crippen LogP contribution in [0.25, 0.3) is 0 Å². The molecule has 0 fully saturated rings. The first kappa shape index (κ1) is 14.2. The van der Waals surface area contributed by atoms with Crippen LogP contribution in [0.3, 0.4) is 0 Å². The molecule has 2 rings (SSSR count). The number of nitrogens with one attached hydrogen (secondary N) is 1. The lowest BCUT2D eigenvalue weighted by atomic mass is 10.1. The number of halogens is 1. The van der Waals surface area contributed by atoms with Crippen LogP contribution in [0.1, 0.15) is 15.9 Å². The number of hydrogen-bond donors (Lipinski definition) is 2. The summed E-state index contributed by atoms with van der Waals surface area (Å²) in [5.74, 6) is 0.285. The maximum Gasteiger partial charge on any atom is 0.256 e. The van der Waals surface area contributed by atoms with Gasteiger partial charge in [0.05, 0.1) is 12.1 Å². The number of hydrogen-bond acceptors (Lipinski definition) is 3. The second-order valence-corrected chi connectivity index (χ2v) is 4.73. The van der Waals surface area contributed by atoms with E-state index in [1.807, 2.05) is 6.92 Å². The summed E-state index contributed by atoms with van der Waals surface area (Å²) in [5, 5.41) is 3.29. The van der Waals surface area contributed by atoms with E-state index in [0.29, 0.717) is 27.7 Å². The lowest BCUT2D eigenvalue weighted by molar-refractivity contribution is 0.102. The summed E-state index contributed by atoms with van der Waals surface area (Å²) in [7, 11) is 1.52. The number of rotatable bonds is 3. The van der Waals surface area contributed by atoms with Crippen molar-refractivity contribution in [2.45, 2.75) is 6.92 Å². The largest absolute Gasteiger partial charge is 0.495 e. The predicted molar refractivity (Wildman–Crippen MR) is 81.5 cm³/mol. The van der Waals surface area contributed by atoms with Gasteiger partial charge in [0.25, 0.3) is 5.91 Å². The number of ether oxygens (including phenoxy) is 1. The van der Waals surface area contributed by atoms with Crippen LogP contribution in [0.4, 0.5) is 11.4 Å². The average molecular weight is 291 g/mol. The third kappa shape index (κ3) is 2.86. The monoisotopic (exact) mass is 290 g/mol. The first-order chi connectivity index (χ1) is 9.52. The normalized spacial score (nSPS) is 10.2. The van der Waals surface area contributed by atoms with Gasteiger partial charge in [-0.15, -0.1) is 0 Å². The predicted octanol–water partition coefficient (Wildman–Crippen LogP) is 3.49. The van der Waals surface area contributed by atoms with Crippen LogP contribution in [0.2, 0.25) is 5.02 Å². The minimum atomic E-state index is -0.223. The molecule has 20 heavy (non-hydrogen) atoms. The molecule has 2 aromatic carbocycles. The molecule has 0 saturated carbocycles. The summed E-state index contributed by atoms with van der Waals surface area (Å²) in [4.78, 5) is 12.2. The number of amides is 1. The summed E-state index contributed by atoms with van der Waals surface area (Å²) in [6.45, 7) is 1.81. The van der Waals surface area contributed by atoms with Gasteiger partial charge in [0, 0.05) is 23.0 Å². The van der Waals surface area contributed by atoms with Crippen LogP contribution in [0.15, 0.2) is 36.4 Å². The molecule has 2 aromatic rings. The van der Waals surface area contributed by atoms with Gasteiger partial charge in [0.2, 0.25) is 0 Å². The van der Waals surface area contributed by atoms with Gasteiger partial charge in [-0.05, 0) is 36.8 Å². The molecule has 0 aliphatic rings. The first-order valence-electron chi connectivity index (χ1n) is 6.03. The fourth-order valence-corrected chi connectivity index (χ4v) is 2.03. The van der Waals surface area contributed by atoms with Gasteiger partial charge in [-0.3, -0.25) is 4.79 Å². The fraction of sp³-hybridized carbons (Fsp3) is 0.133. The van der Waals surface area contributed by atoms with Crippen molar-refractivity contribution in [2.75, 3.05) is 18.2 Å². The topological polar surface area (TPSA) is 64.3 Å². The van der Waals surface area contributed by atoms with E-state index in [4.69, 9.17) is 22.1 Å². The van der Waals surface area contributed by atoms with Crippen LogP contribution in [-0.2, 0) is 0 Å². The highest BCUT2D eigenvalue weighted by molar-refractivity contribution is 6.32. The Bertz CT molecular complexity index is 656. The van der Waals surface area contributed by atoms with Gasteiger partial charge in [-0.25, -0.2) is 0 Å². The van der Waals surface area contributed by atoms with Crippen LogP contribution >= 0.6 is 11.6 Å². The summed E-state index contributed by atoms with van der Waals surface area (Å²) in [6.07, 6.45) is 0. The highest BCUT2D eigenvalue weighted by Crippen LogP contribution is 2.28. The third-order valence-corrected chi connectivity index (χ3v) is 3.34. The minimum absolute atomic E-state index is 0.223. The highest BCUT2D eigenvalue weighted by atomic mass is 35.5. The van der Waals surface area contributed by atoms with Gasteiger partial charge >= 0.3 is 0 Å². The Morgan fingerprint density at radius 3 is 2.75 bits per heavy atom. The first-order valence-corrected chi connectivity index (χ1v) is 6.40. The number of anilines is 2. The van der Waals surface area contributed by atoms with E-state index in [-0.39, 0.29) is 5.91 Å². The molecule has 4 nitrogen and oxygen atoms in total. The molecule has 0 atom stereocenters. The molecule has 104 valence electrons. The maximum absolute atomic E-state index is 12.2. The Balaban J connectivity index is 2.26. The standard InChI is InChI=1S/C15H15ClN2O2/c1-9-11(4-3-5-13(9)17)15(19)18-10-6-7-12(16)14(8-10)20-2/h3-8H,17H2,1-2H3,(H,18,19). The molecule has 0 unspecified atom stereocenters. The van der Waals surface area contributed by atoms with Gasteiger partial charge in [0.1, 0.15) is 5.75 Å². The molecule has 0 aliphatic carbocycles. The molecule has 0 spiro atoms. The molecule has 0 saturated heterocycles. The number of benzene rings is 2. The fourth-order valence-electron chi connectivity index (χ4n) is 1.84. The van der Waals surface area contributed by atoms with E-state index in [0.717, 1.165) is 5.56 Å². The molecular formula is C15H15ClN2O2. The van der Waals surface area contributed by atoms with Crippen molar-refractivity contribution >= 4 is 28.9 Å². The average Bonchev–Trinajstić information content (AvgIpc) is 2.43. The van der Waals surface area contributed by atoms with Crippen LogP contribution in [0.5, 0.6) is 5.75 Å². The van der Waals surface area contributed by atoms with Gasteiger partial charge in [0.15, 0.2) is 0 Å². The van der Waals surface area contributed by atoms with Crippen LogP contribution < -0.4 is 15.8 Å². The molecule has 0 bridgehead atoms. The summed E-state index contributed by atoms with van der Waals surface area (Å²) in [5.41, 5.74) is 8.29. The molecule has 1 amide bonds. The van der Waals surface area contributed by atoms with Gasteiger partial charge < -0.3 is 15.8 Å². The zero-order chi connectivity index (χ0) is 14.7. The Morgan fingerprint density at radius 1 is 1.30 bits per heavy atom. The summed E-state index contributed by atoms with van der Waals surface area (Å²) in [6, 6.07) is 10.3. The third-order valence-electron chi connectivity index (χ3n) is 3.03. The molecule has 5 heteroatoms. The Morgan fingerprint density at radius 2 is 2.05 bits per heavy atom. The molecule has 0 aliphatic heterocycles. The Hall–Kier alpha value is -2.20. The van der Waals surface area contributed by atoms with Gasteiger partial charge in [-0.2, -0.15) is 0 Å². The Kier molecular flexibility index (Phi) is 4.15. The number of nitrogen functional groups attached to an aromatic ring is 1. The van der Waals surface area contributed by atoms with Crippen LogP contribution in [-0.4, -0.2) is 13.0 Å².